The largest absolute Gasteiger partial charge is 0.478 e. The number of rotatable bonds is 7. The normalized spacial score (nSPS) is 12.9. The van der Waals surface area contributed by atoms with Crippen LogP contribution in [0.4, 0.5) is 10.5 Å². The average molecular weight is 459 g/mol. The first-order valence-electron chi connectivity index (χ1n) is 11.1. The third-order valence-corrected chi connectivity index (χ3v) is 6.04. The number of amides is 2. The van der Waals surface area contributed by atoms with Crippen molar-refractivity contribution >= 4 is 23.7 Å². The summed E-state index contributed by atoms with van der Waals surface area (Å²) < 4.78 is 5.52. The van der Waals surface area contributed by atoms with Gasteiger partial charge in [-0.15, -0.1) is 0 Å². The van der Waals surface area contributed by atoms with E-state index in [0.29, 0.717) is 11.3 Å². The van der Waals surface area contributed by atoms with Gasteiger partial charge >= 0.3 is 12.1 Å². The fourth-order valence-corrected chi connectivity index (χ4v) is 4.37. The molecule has 1 aliphatic carbocycles. The molecule has 0 saturated carbocycles. The molecular formula is C27H26N2O5. The summed E-state index contributed by atoms with van der Waals surface area (Å²) in [5, 5.41) is 14.6. The van der Waals surface area contributed by atoms with Gasteiger partial charge in [0.2, 0.25) is 5.91 Å². The van der Waals surface area contributed by atoms with Crippen LogP contribution in [0.2, 0.25) is 0 Å². The standard InChI is InChI=1S/C27H26N2O5/c1-16(14-25(30)29-24-13-7-12-18(17(24)2)26(31)32)28-27(33)34-15-23-21-10-5-3-8-19(21)20-9-4-6-11-22(20)23/h3-13,16,23H,14-15H2,1-2H3,(H,28,33)(H,29,30)(H,31,32)/t16-/m1/s1. The number of carbonyl (C=O) groups excluding carboxylic acids is 2. The van der Waals surface area contributed by atoms with E-state index in [2.05, 4.69) is 34.9 Å². The van der Waals surface area contributed by atoms with Gasteiger partial charge in [0.15, 0.2) is 0 Å². The van der Waals surface area contributed by atoms with E-state index in [4.69, 9.17) is 4.74 Å². The van der Waals surface area contributed by atoms with Gasteiger partial charge in [-0.3, -0.25) is 4.79 Å². The number of anilines is 1. The number of ether oxygens (including phenoxy) is 1. The fraction of sp³-hybridized carbons (Fsp3) is 0.222. The highest BCUT2D eigenvalue weighted by Gasteiger charge is 2.29. The zero-order valence-corrected chi connectivity index (χ0v) is 19.0. The smallest absolute Gasteiger partial charge is 0.407 e. The first-order valence-corrected chi connectivity index (χ1v) is 11.1. The maximum Gasteiger partial charge on any atom is 0.407 e. The van der Waals surface area contributed by atoms with Gasteiger partial charge in [-0.2, -0.15) is 0 Å². The van der Waals surface area contributed by atoms with Crippen LogP contribution in [0.1, 0.15) is 46.3 Å². The molecule has 0 spiro atoms. The maximum atomic E-state index is 12.4. The average Bonchev–Trinajstić information content (AvgIpc) is 3.12. The number of aromatic carboxylic acids is 1. The van der Waals surface area contributed by atoms with Gasteiger partial charge in [0.1, 0.15) is 6.61 Å². The first-order chi connectivity index (χ1) is 16.3. The number of hydrogen-bond acceptors (Lipinski definition) is 4. The Labute approximate surface area is 197 Å². The summed E-state index contributed by atoms with van der Waals surface area (Å²) in [6.07, 6.45) is -0.577. The summed E-state index contributed by atoms with van der Waals surface area (Å²) >= 11 is 0. The molecule has 0 heterocycles. The van der Waals surface area contributed by atoms with E-state index in [1.54, 1.807) is 26.0 Å². The Morgan fingerprint density at radius 2 is 1.56 bits per heavy atom. The van der Waals surface area contributed by atoms with Crippen molar-refractivity contribution in [2.75, 3.05) is 11.9 Å². The van der Waals surface area contributed by atoms with Crippen molar-refractivity contribution in [3.8, 4) is 11.1 Å². The number of fused-ring (bicyclic) bond motifs is 3. The van der Waals surface area contributed by atoms with Gasteiger partial charge in [0, 0.05) is 24.1 Å². The highest BCUT2D eigenvalue weighted by molar-refractivity contribution is 5.96. The SMILES string of the molecule is Cc1c(NC(=O)C[C@@H](C)NC(=O)OCC2c3ccccc3-c3ccccc32)cccc1C(=O)O. The van der Waals surface area contributed by atoms with E-state index < -0.39 is 18.1 Å². The maximum absolute atomic E-state index is 12.4. The molecule has 1 atom stereocenters. The van der Waals surface area contributed by atoms with Crippen LogP contribution >= 0.6 is 0 Å². The van der Waals surface area contributed by atoms with Crippen LogP contribution < -0.4 is 10.6 Å². The Morgan fingerprint density at radius 1 is 0.941 bits per heavy atom. The molecule has 3 aromatic carbocycles. The van der Waals surface area contributed by atoms with Crippen molar-refractivity contribution in [1.82, 2.24) is 5.32 Å². The lowest BCUT2D eigenvalue weighted by molar-refractivity contribution is -0.116. The molecule has 174 valence electrons. The van der Waals surface area contributed by atoms with E-state index in [1.807, 2.05) is 24.3 Å². The monoisotopic (exact) mass is 458 g/mol. The summed E-state index contributed by atoms with van der Waals surface area (Å²) in [7, 11) is 0. The Morgan fingerprint density at radius 3 is 2.18 bits per heavy atom. The molecule has 2 amide bonds. The molecule has 0 aromatic heterocycles. The van der Waals surface area contributed by atoms with Gasteiger partial charge < -0.3 is 20.5 Å². The van der Waals surface area contributed by atoms with Crippen LogP contribution in [0.3, 0.4) is 0 Å². The number of benzene rings is 3. The van der Waals surface area contributed by atoms with Gasteiger partial charge in [0.25, 0.3) is 0 Å². The number of nitrogens with one attached hydrogen (secondary N) is 2. The number of carboxylic acids is 1. The van der Waals surface area contributed by atoms with E-state index >= 15 is 0 Å². The zero-order valence-electron chi connectivity index (χ0n) is 19.0. The molecule has 0 fully saturated rings. The molecular weight excluding hydrogens is 432 g/mol. The summed E-state index contributed by atoms with van der Waals surface area (Å²) in [6.45, 7) is 3.54. The second kappa shape index (κ2) is 9.79. The van der Waals surface area contributed by atoms with Crippen LogP contribution in [-0.2, 0) is 9.53 Å². The number of alkyl carbamates (subject to hydrolysis) is 1. The van der Waals surface area contributed by atoms with E-state index in [1.165, 1.54) is 6.07 Å². The summed E-state index contributed by atoms with van der Waals surface area (Å²) in [6, 6.07) is 20.4. The van der Waals surface area contributed by atoms with Crippen molar-refractivity contribution in [3.63, 3.8) is 0 Å². The number of carbonyl (C=O) groups is 3. The highest BCUT2D eigenvalue weighted by atomic mass is 16.5. The predicted molar refractivity (Wildman–Crippen MR) is 129 cm³/mol. The second-order valence-corrected chi connectivity index (χ2v) is 8.41. The molecule has 0 aliphatic heterocycles. The lowest BCUT2D eigenvalue weighted by Gasteiger charge is -2.17. The van der Waals surface area contributed by atoms with E-state index in [9.17, 15) is 19.5 Å². The van der Waals surface area contributed by atoms with E-state index in [-0.39, 0.29) is 30.4 Å². The van der Waals surface area contributed by atoms with Gasteiger partial charge in [0.05, 0.1) is 5.56 Å². The minimum absolute atomic E-state index is 0.0148. The zero-order chi connectivity index (χ0) is 24.2. The molecule has 3 N–H and O–H groups in total. The van der Waals surface area contributed by atoms with Gasteiger partial charge in [-0.1, -0.05) is 54.6 Å². The lowest BCUT2D eigenvalue weighted by atomic mass is 9.98. The van der Waals surface area contributed by atoms with E-state index in [0.717, 1.165) is 22.3 Å². The molecule has 1 aliphatic rings. The van der Waals surface area contributed by atoms with Crippen molar-refractivity contribution in [3.05, 3.63) is 89.0 Å². The Kier molecular flexibility index (Phi) is 6.63. The molecule has 7 heteroatoms. The van der Waals surface area contributed by atoms with Crippen molar-refractivity contribution < 1.29 is 24.2 Å². The quantitative estimate of drug-likeness (QED) is 0.465. The van der Waals surface area contributed by atoms with Crippen molar-refractivity contribution in [2.24, 2.45) is 0 Å². The van der Waals surface area contributed by atoms with Crippen molar-refractivity contribution in [1.29, 1.82) is 0 Å². The second-order valence-electron chi connectivity index (χ2n) is 8.41. The topological polar surface area (TPSA) is 105 Å². The minimum atomic E-state index is -1.06. The fourth-order valence-electron chi connectivity index (χ4n) is 4.37. The molecule has 7 nitrogen and oxygen atoms in total. The first kappa shape index (κ1) is 23.0. The predicted octanol–water partition coefficient (Wildman–Crippen LogP) is 4.95. The molecule has 0 bridgehead atoms. The summed E-state index contributed by atoms with van der Waals surface area (Å²) in [4.78, 5) is 36.1. The molecule has 3 aromatic rings. The van der Waals surface area contributed by atoms with Gasteiger partial charge in [-0.05, 0) is 53.8 Å². The van der Waals surface area contributed by atoms with Crippen LogP contribution in [0, 0.1) is 6.92 Å². The molecule has 0 saturated heterocycles. The molecule has 0 unspecified atom stereocenters. The third kappa shape index (κ3) is 4.78. The Hall–Kier alpha value is -4.13. The van der Waals surface area contributed by atoms with Crippen LogP contribution in [0.5, 0.6) is 0 Å². The molecule has 4 rings (SSSR count). The third-order valence-electron chi connectivity index (χ3n) is 6.04. The Bertz CT molecular complexity index is 1210. The van der Waals surface area contributed by atoms with Crippen LogP contribution in [-0.4, -0.2) is 35.7 Å². The summed E-state index contributed by atoms with van der Waals surface area (Å²) in [5.41, 5.74) is 5.59. The van der Waals surface area contributed by atoms with Crippen molar-refractivity contribution in [2.45, 2.75) is 32.2 Å². The molecule has 0 radical (unpaired) electrons. The Balaban J connectivity index is 1.32. The molecule has 34 heavy (non-hydrogen) atoms. The number of hydrogen-bond donors (Lipinski definition) is 3. The van der Waals surface area contributed by atoms with Gasteiger partial charge in [-0.25, -0.2) is 9.59 Å². The van der Waals surface area contributed by atoms with Crippen LogP contribution in [0.25, 0.3) is 11.1 Å². The lowest BCUT2D eigenvalue weighted by Crippen LogP contribution is -2.36. The minimum Gasteiger partial charge on any atom is -0.478 e. The highest BCUT2D eigenvalue weighted by Crippen LogP contribution is 2.44. The summed E-state index contributed by atoms with van der Waals surface area (Å²) in [5.74, 6) is -1.43. The van der Waals surface area contributed by atoms with Crippen LogP contribution in [0.15, 0.2) is 66.7 Å². The number of carboxylic acid groups (broad SMARTS) is 1.